The Morgan fingerprint density at radius 1 is 1.16 bits per heavy atom. The van der Waals surface area contributed by atoms with Gasteiger partial charge in [-0.25, -0.2) is 5.84 Å². The number of pyridine rings is 1. The Kier molecular flexibility index (Phi) is 3.27. The number of hydrogen-bond donors (Lipinski definition) is 2. The Hall–Kier alpha value is -2.81. The number of nitrogens with two attached hydrogens (primary N) is 1. The van der Waals surface area contributed by atoms with Crippen molar-refractivity contribution in [1.29, 1.82) is 0 Å². The summed E-state index contributed by atoms with van der Waals surface area (Å²) in [5, 5.41) is 14.1. The fraction of sp³-hybridized carbons (Fsp3) is 0. The zero-order valence-electron chi connectivity index (χ0n) is 12.9. The number of thiophene rings is 1. The molecule has 0 fully saturated rings. The van der Waals surface area contributed by atoms with E-state index in [9.17, 15) is 0 Å². The summed E-state index contributed by atoms with van der Waals surface area (Å²) >= 11 is 3.14. The number of hydrazine groups is 1. The smallest absolute Gasteiger partial charge is 0.195 e. The van der Waals surface area contributed by atoms with Crippen molar-refractivity contribution in [2.24, 2.45) is 5.84 Å². The van der Waals surface area contributed by atoms with E-state index in [0.29, 0.717) is 5.82 Å². The van der Waals surface area contributed by atoms with Crippen molar-refractivity contribution < 1.29 is 0 Å². The van der Waals surface area contributed by atoms with Crippen molar-refractivity contribution in [3.63, 3.8) is 0 Å². The Bertz CT molecular complexity index is 1170. The molecule has 0 aliphatic heterocycles. The second kappa shape index (κ2) is 5.62. The number of H-pyrrole nitrogens is 1. The molecule has 5 rings (SSSR count). The van der Waals surface area contributed by atoms with Crippen molar-refractivity contribution in [3.05, 3.63) is 53.4 Å². The monoisotopic (exact) mass is 364 g/mol. The lowest BCUT2D eigenvalue weighted by Crippen LogP contribution is -2.25. The molecule has 25 heavy (non-hydrogen) atoms. The minimum Gasteiger partial charge on any atom is -0.274 e. The quantitative estimate of drug-likeness (QED) is 0.368. The number of nitrogens with one attached hydrogen (secondary N) is 1. The highest BCUT2D eigenvalue weighted by atomic mass is 32.1. The molecule has 1 aromatic carbocycles. The van der Waals surface area contributed by atoms with Crippen molar-refractivity contribution in [3.8, 4) is 11.3 Å². The second-order valence-corrected chi connectivity index (χ2v) is 7.13. The van der Waals surface area contributed by atoms with Gasteiger partial charge in [-0.15, -0.1) is 0 Å². The summed E-state index contributed by atoms with van der Waals surface area (Å²) in [6.07, 6.45) is 1.73. The summed E-state index contributed by atoms with van der Waals surface area (Å²) in [5.74, 6) is 6.91. The normalized spacial score (nSPS) is 11.4. The average molecular weight is 364 g/mol. The van der Waals surface area contributed by atoms with Gasteiger partial charge < -0.3 is 0 Å². The zero-order chi connectivity index (χ0) is 16.8. The van der Waals surface area contributed by atoms with Crippen LogP contribution in [0.5, 0.6) is 0 Å². The largest absolute Gasteiger partial charge is 0.274 e. The van der Waals surface area contributed by atoms with Gasteiger partial charge >= 0.3 is 0 Å². The summed E-state index contributed by atoms with van der Waals surface area (Å²) in [6, 6.07) is 11.9. The van der Waals surface area contributed by atoms with Crippen molar-refractivity contribution in [1.82, 2.24) is 19.6 Å². The van der Waals surface area contributed by atoms with Gasteiger partial charge in [-0.1, -0.05) is 0 Å². The number of rotatable bonds is 3. The van der Waals surface area contributed by atoms with Gasteiger partial charge in [0.05, 0.1) is 21.6 Å². The molecule has 0 saturated heterocycles. The van der Waals surface area contributed by atoms with Crippen LogP contribution < -0.4 is 10.9 Å². The molecular formula is C17H12N6S2. The van der Waals surface area contributed by atoms with Crippen LogP contribution in [0.4, 0.5) is 11.5 Å². The molecule has 0 aliphatic carbocycles. The van der Waals surface area contributed by atoms with E-state index in [1.807, 2.05) is 24.3 Å². The third-order valence-electron chi connectivity index (χ3n) is 4.06. The first kappa shape index (κ1) is 14.5. The predicted molar refractivity (Wildman–Crippen MR) is 103 cm³/mol. The van der Waals surface area contributed by atoms with Gasteiger partial charge in [0, 0.05) is 22.5 Å². The molecule has 4 heterocycles. The number of fused-ring (bicyclic) bond motifs is 2. The maximum absolute atomic E-state index is 6.32. The third kappa shape index (κ3) is 2.30. The highest BCUT2D eigenvalue weighted by Gasteiger charge is 2.16. The Morgan fingerprint density at radius 2 is 2.12 bits per heavy atom. The Morgan fingerprint density at radius 3 is 3.00 bits per heavy atom. The standard InChI is InChI=1S/C17H12N6S2/c18-23(17-16-13(20-21-17)2-1-6-19-16)11-3-4-12-14(8-11)25-22-15(12)10-5-7-24-9-10/h1-9H,18H2,(H,20,21). The van der Waals surface area contributed by atoms with E-state index >= 15 is 0 Å². The second-order valence-electron chi connectivity index (χ2n) is 5.54. The zero-order valence-corrected chi connectivity index (χ0v) is 14.5. The summed E-state index contributed by atoms with van der Waals surface area (Å²) < 4.78 is 5.69. The third-order valence-corrected chi connectivity index (χ3v) is 5.55. The minimum atomic E-state index is 0.595. The van der Waals surface area contributed by atoms with E-state index in [4.69, 9.17) is 5.84 Å². The van der Waals surface area contributed by atoms with E-state index in [1.54, 1.807) is 22.5 Å². The van der Waals surface area contributed by atoms with E-state index in [-0.39, 0.29) is 0 Å². The molecule has 0 unspecified atom stereocenters. The molecule has 0 bridgehead atoms. The van der Waals surface area contributed by atoms with Crippen LogP contribution in [-0.4, -0.2) is 19.6 Å². The molecule has 0 aliphatic rings. The lowest BCUT2D eigenvalue weighted by molar-refractivity contribution is 1.00. The van der Waals surface area contributed by atoms with Gasteiger partial charge in [0.15, 0.2) is 5.82 Å². The number of anilines is 2. The summed E-state index contributed by atoms with van der Waals surface area (Å²) in [5.41, 5.74) is 4.60. The van der Waals surface area contributed by atoms with Crippen LogP contribution >= 0.6 is 22.9 Å². The van der Waals surface area contributed by atoms with Crippen molar-refractivity contribution in [2.45, 2.75) is 0 Å². The van der Waals surface area contributed by atoms with E-state index in [2.05, 4.69) is 42.4 Å². The fourth-order valence-corrected chi connectivity index (χ4v) is 4.28. The molecule has 0 radical (unpaired) electrons. The summed E-state index contributed by atoms with van der Waals surface area (Å²) in [4.78, 5) is 4.36. The van der Waals surface area contributed by atoms with Crippen molar-refractivity contribution >= 4 is 55.5 Å². The van der Waals surface area contributed by atoms with Gasteiger partial charge in [-0.05, 0) is 53.3 Å². The molecule has 122 valence electrons. The van der Waals surface area contributed by atoms with Gasteiger partial charge in [-0.2, -0.15) is 20.8 Å². The first-order valence-corrected chi connectivity index (χ1v) is 9.29. The maximum Gasteiger partial charge on any atom is 0.195 e. The maximum atomic E-state index is 6.32. The minimum absolute atomic E-state index is 0.595. The topological polar surface area (TPSA) is 83.7 Å². The molecule has 4 aromatic heterocycles. The number of hydrogen-bond acceptors (Lipinski definition) is 7. The van der Waals surface area contributed by atoms with E-state index in [1.165, 1.54) is 11.5 Å². The van der Waals surface area contributed by atoms with Crippen LogP contribution in [0.2, 0.25) is 0 Å². The number of nitrogens with zero attached hydrogens (tertiary/aromatic N) is 4. The first-order valence-electron chi connectivity index (χ1n) is 7.57. The predicted octanol–water partition coefficient (Wildman–Crippen LogP) is 4.31. The summed E-state index contributed by atoms with van der Waals surface area (Å²) in [7, 11) is 0. The van der Waals surface area contributed by atoms with Crippen LogP contribution in [0.3, 0.4) is 0 Å². The van der Waals surface area contributed by atoms with E-state index < -0.39 is 0 Å². The molecule has 3 N–H and O–H groups in total. The Labute approximate surface area is 150 Å². The highest BCUT2D eigenvalue weighted by molar-refractivity contribution is 7.13. The molecule has 0 saturated carbocycles. The van der Waals surface area contributed by atoms with Crippen LogP contribution in [0.25, 0.3) is 32.4 Å². The van der Waals surface area contributed by atoms with Crippen molar-refractivity contribution in [2.75, 3.05) is 5.01 Å². The van der Waals surface area contributed by atoms with Gasteiger partial charge in [0.25, 0.3) is 0 Å². The Balaban J connectivity index is 1.59. The lowest BCUT2D eigenvalue weighted by Gasteiger charge is -2.15. The number of aromatic amines is 1. The molecule has 6 nitrogen and oxygen atoms in total. The van der Waals surface area contributed by atoms with Crippen LogP contribution in [0, 0.1) is 0 Å². The molecule has 0 atom stereocenters. The SMILES string of the molecule is NN(c1ccc2c(-c3ccsc3)nsc2c1)c1n[nH]c2cccnc12. The highest BCUT2D eigenvalue weighted by Crippen LogP contribution is 2.35. The fourth-order valence-electron chi connectivity index (χ4n) is 2.81. The molecule has 0 amide bonds. The first-order chi connectivity index (χ1) is 12.3. The van der Waals surface area contributed by atoms with Crippen LogP contribution in [0.1, 0.15) is 0 Å². The average Bonchev–Trinajstić information content (AvgIpc) is 3.38. The van der Waals surface area contributed by atoms with E-state index in [0.717, 1.165) is 38.1 Å². The number of aromatic nitrogens is 4. The lowest BCUT2D eigenvalue weighted by atomic mass is 10.1. The molecule has 0 spiro atoms. The van der Waals surface area contributed by atoms with Crippen LogP contribution in [0.15, 0.2) is 53.4 Å². The number of benzene rings is 1. The molecule has 8 heteroatoms. The van der Waals surface area contributed by atoms with Crippen LogP contribution in [-0.2, 0) is 0 Å². The van der Waals surface area contributed by atoms with Gasteiger partial charge in [0.2, 0.25) is 0 Å². The van der Waals surface area contributed by atoms with Gasteiger partial charge in [0.1, 0.15) is 5.52 Å². The van der Waals surface area contributed by atoms with Gasteiger partial charge in [-0.3, -0.25) is 15.1 Å². The molecule has 5 aromatic rings. The summed E-state index contributed by atoms with van der Waals surface area (Å²) in [6.45, 7) is 0. The molecular weight excluding hydrogens is 352 g/mol.